The van der Waals surface area contributed by atoms with E-state index in [2.05, 4.69) is 77.7 Å². The normalized spacial score (nSPS) is 19.1. The van der Waals surface area contributed by atoms with Gasteiger partial charge in [-0.25, -0.2) is 4.98 Å². The monoisotopic (exact) mass is 577 g/mol. The quantitative estimate of drug-likeness (QED) is 0.204. The van der Waals surface area contributed by atoms with Gasteiger partial charge in [0.1, 0.15) is 5.75 Å². The number of para-hydroxylation sites is 3. The minimum Gasteiger partial charge on any atom is -0.439 e. The number of benzene rings is 5. The van der Waals surface area contributed by atoms with Gasteiger partial charge in [0, 0.05) is 38.6 Å². The molecule has 3 heterocycles. The van der Waals surface area contributed by atoms with Crippen molar-refractivity contribution in [2.24, 2.45) is 5.16 Å². The van der Waals surface area contributed by atoms with Crippen molar-refractivity contribution >= 4 is 34.2 Å². The Kier molecular flexibility index (Phi) is 6.34. The summed E-state index contributed by atoms with van der Waals surface area (Å²) in [5.74, 6) is 2.13. The van der Waals surface area contributed by atoms with Gasteiger partial charge in [0.15, 0.2) is 5.84 Å². The fourth-order valence-electron chi connectivity index (χ4n) is 5.96. The molecule has 0 fully saturated rings. The lowest BCUT2D eigenvalue weighted by Gasteiger charge is -2.37. The molecule has 0 spiro atoms. The van der Waals surface area contributed by atoms with Crippen LogP contribution in [0.2, 0.25) is 0 Å². The van der Waals surface area contributed by atoms with Crippen molar-refractivity contribution in [1.82, 2.24) is 4.98 Å². The molecule has 1 aromatic heterocycles. The van der Waals surface area contributed by atoms with E-state index in [1.54, 1.807) is 0 Å². The van der Waals surface area contributed by atoms with E-state index in [0.717, 1.165) is 49.8 Å². The maximum atomic E-state index is 6.67. The van der Waals surface area contributed by atoms with Crippen LogP contribution in [0.3, 0.4) is 0 Å². The molecule has 6 heteroatoms. The van der Waals surface area contributed by atoms with Crippen molar-refractivity contribution in [3.8, 4) is 11.6 Å². The molecular formula is C37H27N3O2S. The van der Waals surface area contributed by atoms with Crippen molar-refractivity contribution in [3.63, 3.8) is 0 Å². The molecule has 6 aromatic rings. The Morgan fingerprint density at radius 3 is 2.23 bits per heavy atom. The first-order valence-electron chi connectivity index (χ1n) is 14.3. The molecule has 2 atom stereocenters. The summed E-state index contributed by atoms with van der Waals surface area (Å²) in [6.07, 6.45) is 0.599. The minimum atomic E-state index is -0.896. The smallest absolute Gasteiger partial charge is 0.242 e. The Hall–Kier alpha value is -5.07. The number of anilines is 1. The van der Waals surface area contributed by atoms with E-state index < -0.39 is 5.72 Å². The molecule has 5 aromatic carbocycles. The summed E-state index contributed by atoms with van der Waals surface area (Å²) in [5.41, 5.74) is 4.09. The summed E-state index contributed by atoms with van der Waals surface area (Å²) in [7, 11) is 0. The summed E-state index contributed by atoms with van der Waals surface area (Å²) in [6, 6.07) is 49.5. The maximum absolute atomic E-state index is 6.67. The van der Waals surface area contributed by atoms with E-state index in [1.165, 1.54) is 0 Å². The van der Waals surface area contributed by atoms with Crippen LogP contribution >= 0.6 is 11.8 Å². The highest BCUT2D eigenvalue weighted by molar-refractivity contribution is 7.99. The number of ether oxygens (including phenoxy) is 1. The first-order valence-corrected chi connectivity index (χ1v) is 15.2. The molecule has 2 unspecified atom stereocenters. The second-order valence-electron chi connectivity index (χ2n) is 10.6. The van der Waals surface area contributed by atoms with Gasteiger partial charge in [-0.2, -0.15) is 0 Å². The molecule has 5 nitrogen and oxygen atoms in total. The van der Waals surface area contributed by atoms with Crippen LogP contribution in [0.4, 0.5) is 5.69 Å². The number of pyridine rings is 1. The lowest BCUT2D eigenvalue weighted by molar-refractivity contribution is -0.0284. The van der Waals surface area contributed by atoms with E-state index in [9.17, 15) is 0 Å². The van der Waals surface area contributed by atoms with Gasteiger partial charge in [0.2, 0.25) is 11.6 Å². The average molecular weight is 578 g/mol. The molecule has 0 aliphatic carbocycles. The number of rotatable bonds is 5. The summed E-state index contributed by atoms with van der Waals surface area (Å²) in [6.45, 7) is 0. The van der Waals surface area contributed by atoms with E-state index in [-0.39, 0.29) is 5.25 Å². The highest BCUT2D eigenvalue weighted by Crippen LogP contribution is 2.57. The fraction of sp³-hybridized carbons (Fsp3) is 0.0811. The Balaban J connectivity index is 1.34. The number of nitrogens with zero attached hydrogens (tertiary/aromatic N) is 3. The van der Waals surface area contributed by atoms with Crippen molar-refractivity contribution < 1.29 is 9.57 Å². The molecule has 0 saturated heterocycles. The Bertz CT molecular complexity index is 1950. The molecule has 2 aliphatic heterocycles. The molecular weight excluding hydrogens is 550 g/mol. The number of fused-ring (bicyclic) bond motifs is 4. The van der Waals surface area contributed by atoms with Crippen LogP contribution in [-0.4, -0.2) is 10.8 Å². The Morgan fingerprint density at radius 1 is 0.744 bits per heavy atom. The largest absolute Gasteiger partial charge is 0.439 e. The summed E-state index contributed by atoms with van der Waals surface area (Å²) in [5, 5.41) is 5.78. The topological polar surface area (TPSA) is 47.0 Å². The highest BCUT2D eigenvalue weighted by Gasteiger charge is 2.53. The molecule has 2 aliphatic rings. The molecule has 0 bridgehead atoms. The molecule has 0 N–H and O–H groups in total. The van der Waals surface area contributed by atoms with Crippen LogP contribution in [-0.2, 0) is 10.6 Å². The number of hydrogen-bond donors (Lipinski definition) is 0. The number of amidine groups is 1. The third-order valence-electron chi connectivity index (χ3n) is 7.97. The molecule has 0 saturated carbocycles. The summed E-state index contributed by atoms with van der Waals surface area (Å²) >= 11 is 1.81. The van der Waals surface area contributed by atoms with Gasteiger partial charge < -0.3 is 9.57 Å². The molecule has 208 valence electrons. The minimum absolute atomic E-state index is 0.0764. The van der Waals surface area contributed by atoms with Gasteiger partial charge in [-0.05, 0) is 36.4 Å². The Morgan fingerprint density at radius 2 is 1.42 bits per heavy atom. The molecule has 8 rings (SSSR count). The first-order chi connectivity index (χ1) is 21.3. The summed E-state index contributed by atoms with van der Waals surface area (Å²) < 4.78 is 6.53. The SMILES string of the molecule is c1ccc(Oc2nc3ccccc3cc2C2CC3(c4ccccc4)ON=C(c4ccccc4)N3c3ccccc3S2)cc1. The lowest BCUT2D eigenvalue weighted by Crippen LogP contribution is -2.47. The zero-order chi connectivity index (χ0) is 28.6. The number of hydrogen-bond acceptors (Lipinski definition) is 6. The van der Waals surface area contributed by atoms with Gasteiger partial charge in [-0.3, -0.25) is 4.90 Å². The molecule has 0 amide bonds. The second-order valence-corrected chi connectivity index (χ2v) is 11.9. The van der Waals surface area contributed by atoms with Gasteiger partial charge in [-0.15, -0.1) is 11.8 Å². The van der Waals surface area contributed by atoms with Crippen LogP contribution in [0, 0.1) is 0 Å². The van der Waals surface area contributed by atoms with E-state index in [1.807, 2.05) is 84.6 Å². The number of oxime groups is 1. The van der Waals surface area contributed by atoms with Crippen molar-refractivity contribution in [2.75, 3.05) is 4.90 Å². The molecule has 43 heavy (non-hydrogen) atoms. The predicted molar refractivity (Wildman–Crippen MR) is 173 cm³/mol. The van der Waals surface area contributed by atoms with Gasteiger partial charge in [0.25, 0.3) is 0 Å². The van der Waals surface area contributed by atoms with Crippen LogP contribution in [0.5, 0.6) is 11.6 Å². The van der Waals surface area contributed by atoms with E-state index in [4.69, 9.17) is 19.7 Å². The van der Waals surface area contributed by atoms with Gasteiger partial charge >= 0.3 is 0 Å². The first kappa shape index (κ1) is 25.6. The second kappa shape index (κ2) is 10.6. The lowest BCUT2D eigenvalue weighted by atomic mass is 9.92. The highest BCUT2D eigenvalue weighted by atomic mass is 32.2. The average Bonchev–Trinajstić information content (AvgIpc) is 3.38. The van der Waals surface area contributed by atoms with Crippen LogP contribution < -0.4 is 9.64 Å². The van der Waals surface area contributed by atoms with Gasteiger partial charge in [-0.1, -0.05) is 114 Å². The van der Waals surface area contributed by atoms with Crippen LogP contribution in [0.25, 0.3) is 10.9 Å². The van der Waals surface area contributed by atoms with Crippen molar-refractivity contribution in [2.45, 2.75) is 22.3 Å². The van der Waals surface area contributed by atoms with Crippen LogP contribution in [0.1, 0.15) is 28.4 Å². The van der Waals surface area contributed by atoms with Crippen molar-refractivity contribution in [3.05, 3.63) is 162 Å². The van der Waals surface area contributed by atoms with Gasteiger partial charge in [0.05, 0.1) is 11.2 Å². The Labute approximate surface area is 254 Å². The van der Waals surface area contributed by atoms with E-state index >= 15 is 0 Å². The number of thioether (sulfide) groups is 1. The number of aromatic nitrogens is 1. The van der Waals surface area contributed by atoms with Crippen molar-refractivity contribution in [1.29, 1.82) is 0 Å². The van der Waals surface area contributed by atoms with E-state index in [0.29, 0.717) is 12.3 Å². The van der Waals surface area contributed by atoms with Crippen LogP contribution in [0.15, 0.2) is 156 Å². The zero-order valence-corrected chi connectivity index (χ0v) is 24.0. The third kappa shape index (κ3) is 4.51. The molecule has 0 radical (unpaired) electrons. The summed E-state index contributed by atoms with van der Waals surface area (Å²) in [4.78, 5) is 15.1. The zero-order valence-electron chi connectivity index (χ0n) is 23.2. The maximum Gasteiger partial charge on any atom is 0.242 e. The third-order valence-corrected chi connectivity index (χ3v) is 9.28. The fourth-order valence-corrected chi connectivity index (χ4v) is 7.31. The predicted octanol–water partition coefficient (Wildman–Crippen LogP) is 9.32. The standard InChI is InChI=1S/C37H27N3O2S/c1-4-14-26(15-5-1)35-39-42-37(28-17-6-2-7-18-28)25-34(43-33-23-13-12-22-32(33)40(35)37)30-24-27-16-10-11-21-31(27)38-36(30)41-29-19-8-3-9-20-29/h1-24,34H,25H2.